The van der Waals surface area contributed by atoms with Crippen LogP contribution in [0, 0.1) is 11.3 Å². The fraction of sp³-hybridized carbons (Fsp3) is 0.800. The number of hydrogen-bond donors (Lipinski definition) is 2. The topological polar surface area (TPSA) is 66.4 Å². The highest BCUT2D eigenvalue weighted by atomic mass is 32.2. The van der Waals surface area contributed by atoms with E-state index in [-0.39, 0.29) is 0 Å². The molecule has 5 heteroatoms. The molecule has 0 aromatic heterocycles. The number of carbonyl (C=O) groups is 2. The third kappa shape index (κ3) is 3.12. The van der Waals surface area contributed by atoms with Crippen LogP contribution < -0.4 is 5.32 Å². The van der Waals surface area contributed by atoms with E-state index in [4.69, 9.17) is 5.11 Å². The molecule has 1 unspecified atom stereocenters. The molecule has 0 aromatic carbocycles. The van der Waals surface area contributed by atoms with Crippen molar-refractivity contribution in [2.24, 2.45) is 11.3 Å². The van der Waals surface area contributed by atoms with Crippen LogP contribution in [-0.2, 0) is 9.59 Å². The number of carboxylic acid groups (broad SMARTS) is 1. The molecule has 1 amide bonds. The van der Waals surface area contributed by atoms with Crippen LogP contribution >= 0.6 is 11.8 Å². The van der Waals surface area contributed by atoms with Gasteiger partial charge in [0.1, 0.15) is 5.41 Å². The van der Waals surface area contributed by atoms with E-state index in [2.05, 4.69) is 5.32 Å². The lowest BCUT2D eigenvalue weighted by Gasteiger charge is -2.19. The van der Waals surface area contributed by atoms with Crippen LogP contribution in [0.4, 0.5) is 0 Å². The van der Waals surface area contributed by atoms with Gasteiger partial charge in [0.25, 0.3) is 0 Å². The SMILES string of the molecule is CC(C)(C(=O)O)C(=O)NCC1CCSC1. The van der Waals surface area contributed by atoms with Crippen molar-refractivity contribution in [3.8, 4) is 0 Å². The van der Waals surface area contributed by atoms with Crippen molar-refractivity contribution in [2.75, 3.05) is 18.1 Å². The molecule has 1 aliphatic heterocycles. The van der Waals surface area contributed by atoms with Crippen LogP contribution in [0.1, 0.15) is 20.3 Å². The number of hydrogen-bond acceptors (Lipinski definition) is 3. The van der Waals surface area contributed by atoms with Gasteiger partial charge in [-0.25, -0.2) is 0 Å². The normalized spacial score (nSPS) is 21.3. The van der Waals surface area contributed by atoms with Gasteiger partial charge in [-0.05, 0) is 37.7 Å². The first kappa shape index (κ1) is 12.4. The number of carbonyl (C=O) groups excluding carboxylic acids is 1. The predicted molar refractivity (Wildman–Crippen MR) is 59.9 cm³/mol. The molecule has 0 aliphatic carbocycles. The fourth-order valence-electron chi connectivity index (χ4n) is 1.30. The van der Waals surface area contributed by atoms with E-state index in [9.17, 15) is 9.59 Å². The van der Waals surface area contributed by atoms with Crippen LogP contribution in [0.25, 0.3) is 0 Å². The number of carboxylic acids is 1. The smallest absolute Gasteiger partial charge is 0.318 e. The van der Waals surface area contributed by atoms with Gasteiger partial charge in [0.05, 0.1) is 0 Å². The molecule has 0 saturated carbocycles. The zero-order chi connectivity index (χ0) is 11.5. The number of rotatable bonds is 4. The second-order valence-electron chi connectivity index (χ2n) is 4.37. The Morgan fingerprint density at radius 2 is 2.20 bits per heavy atom. The summed E-state index contributed by atoms with van der Waals surface area (Å²) in [6, 6.07) is 0. The molecule has 15 heavy (non-hydrogen) atoms. The Kier molecular flexibility index (Phi) is 4.02. The van der Waals surface area contributed by atoms with Crippen molar-refractivity contribution in [1.82, 2.24) is 5.32 Å². The highest BCUT2D eigenvalue weighted by Gasteiger charge is 2.36. The summed E-state index contributed by atoms with van der Waals surface area (Å²) in [5, 5.41) is 11.6. The van der Waals surface area contributed by atoms with E-state index in [1.165, 1.54) is 13.8 Å². The largest absolute Gasteiger partial charge is 0.480 e. The second kappa shape index (κ2) is 4.88. The van der Waals surface area contributed by atoms with Crippen molar-refractivity contribution >= 4 is 23.6 Å². The molecule has 1 saturated heterocycles. The minimum absolute atomic E-state index is 0.396. The minimum Gasteiger partial charge on any atom is -0.480 e. The number of thioether (sulfide) groups is 1. The van der Waals surface area contributed by atoms with Gasteiger partial charge in [0, 0.05) is 6.54 Å². The van der Waals surface area contributed by atoms with Gasteiger partial charge in [-0.1, -0.05) is 0 Å². The molecule has 0 bridgehead atoms. The highest BCUT2D eigenvalue weighted by molar-refractivity contribution is 7.99. The molecule has 2 N–H and O–H groups in total. The first-order chi connectivity index (χ1) is 6.94. The van der Waals surface area contributed by atoms with Crippen molar-refractivity contribution < 1.29 is 14.7 Å². The molecule has 86 valence electrons. The lowest BCUT2D eigenvalue weighted by atomic mass is 9.92. The monoisotopic (exact) mass is 231 g/mol. The van der Waals surface area contributed by atoms with Crippen LogP contribution in [0.5, 0.6) is 0 Å². The van der Waals surface area contributed by atoms with Crippen LogP contribution in [0.2, 0.25) is 0 Å². The zero-order valence-corrected chi connectivity index (χ0v) is 9.89. The van der Waals surface area contributed by atoms with Crippen molar-refractivity contribution in [3.05, 3.63) is 0 Å². The summed E-state index contributed by atoms with van der Waals surface area (Å²) in [5.74, 6) is 1.23. The van der Waals surface area contributed by atoms with Crippen molar-refractivity contribution in [1.29, 1.82) is 0 Å². The first-order valence-electron chi connectivity index (χ1n) is 5.04. The summed E-state index contributed by atoms with van der Waals surface area (Å²) in [5.41, 5.74) is -1.33. The summed E-state index contributed by atoms with van der Waals surface area (Å²) in [7, 11) is 0. The lowest BCUT2D eigenvalue weighted by Crippen LogP contribution is -2.43. The summed E-state index contributed by atoms with van der Waals surface area (Å²) in [6.45, 7) is 3.45. The van der Waals surface area contributed by atoms with E-state index in [1.807, 2.05) is 11.8 Å². The van der Waals surface area contributed by atoms with Gasteiger partial charge < -0.3 is 10.4 Å². The Balaban J connectivity index is 2.38. The average Bonchev–Trinajstić information content (AvgIpc) is 2.66. The van der Waals surface area contributed by atoms with E-state index < -0.39 is 17.3 Å². The van der Waals surface area contributed by atoms with Crippen LogP contribution in [-0.4, -0.2) is 35.0 Å². The number of aliphatic carboxylic acids is 1. The Bertz CT molecular complexity index is 259. The van der Waals surface area contributed by atoms with Gasteiger partial charge in [-0.15, -0.1) is 0 Å². The Morgan fingerprint density at radius 3 is 2.67 bits per heavy atom. The third-order valence-corrected chi connectivity index (χ3v) is 3.91. The molecule has 1 atom stereocenters. The van der Waals surface area contributed by atoms with Gasteiger partial charge in [-0.3, -0.25) is 9.59 Å². The maximum absolute atomic E-state index is 11.6. The molecule has 1 heterocycles. The molecule has 1 fully saturated rings. The predicted octanol–water partition coefficient (Wildman–Crippen LogP) is 0.967. The second-order valence-corrected chi connectivity index (χ2v) is 5.52. The minimum atomic E-state index is -1.33. The first-order valence-corrected chi connectivity index (χ1v) is 6.19. The average molecular weight is 231 g/mol. The highest BCUT2D eigenvalue weighted by Crippen LogP contribution is 2.23. The van der Waals surface area contributed by atoms with Crippen LogP contribution in [0.3, 0.4) is 0 Å². The molecule has 0 aromatic rings. The molecule has 0 spiro atoms. The summed E-state index contributed by atoms with van der Waals surface area (Å²) in [6.07, 6.45) is 1.11. The molecular formula is C10H17NO3S. The third-order valence-electron chi connectivity index (χ3n) is 2.68. The standard InChI is InChI=1S/C10H17NO3S/c1-10(2,9(13)14)8(12)11-5-7-3-4-15-6-7/h7H,3-6H2,1-2H3,(H,11,12)(H,13,14). The Labute approximate surface area is 93.8 Å². The summed E-state index contributed by atoms with van der Waals surface area (Å²) < 4.78 is 0. The molecule has 1 rings (SSSR count). The maximum Gasteiger partial charge on any atom is 0.318 e. The number of nitrogens with one attached hydrogen (secondary N) is 1. The van der Waals surface area contributed by atoms with Gasteiger partial charge in [0.15, 0.2) is 0 Å². The molecular weight excluding hydrogens is 214 g/mol. The van der Waals surface area contributed by atoms with Crippen molar-refractivity contribution in [3.63, 3.8) is 0 Å². The Hall–Kier alpha value is -0.710. The van der Waals surface area contributed by atoms with Gasteiger partial charge >= 0.3 is 5.97 Å². The van der Waals surface area contributed by atoms with Gasteiger partial charge in [-0.2, -0.15) is 11.8 Å². The summed E-state index contributed by atoms with van der Waals surface area (Å²) >= 11 is 1.88. The zero-order valence-electron chi connectivity index (χ0n) is 9.08. The quantitative estimate of drug-likeness (QED) is 0.707. The molecule has 0 radical (unpaired) electrons. The summed E-state index contributed by atoms with van der Waals surface area (Å²) in [4.78, 5) is 22.4. The number of amides is 1. The fourth-order valence-corrected chi connectivity index (χ4v) is 2.58. The van der Waals surface area contributed by atoms with Gasteiger partial charge in [0.2, 0.25) is 5.91 Å². The van der Waals surface area contributed by atoms with E-state index in [0.717, 1.165) is 17.9 Å². The van der Waals surface area contributed by atoms with Crippen molar-refractivity contribution in [2.45, 2.75) is 20.3 Å². The van der Waals surface area contributed by atoms with E-state index in [0.29, 0.717) is 12.5 Å². The molecule has 1 aliphatic rings. The maximum atomic E-state index is 11.6. The lowest BCUT2D eigenvalue weighted by molar-refractivity contribution is -0.153. The Morgan fingerprint density at radius 1 is 1.53 bits per heavy atom. The van der Waals surface area contributed by atoms with E-state index >= 15 is 0 Å². The van der Waals surface area contributed by atoms with Crippen LogP contribution in [0.15, 0.2) is 0 Å². The molecule has 4 nitrogen and oxygen atoms in total. The van der Waals surface area contributed by atoms with E-state index in [1.54, 1.807) is 0 Å².